The van der Waals surface area contributed by atoms with E-state index in [4.69, 9.17) is 5.84 Å². The molecule has 0 saturated heterocycles. The Balaban J connectivity index is 2.29. The zero-order valence-electron chi connectivity index (χ0n) is 9.97. The van der Waals surface area contributed by atoms with E-state index < -0.39 is 0 Å². The number of fused-ring (bicyclic) bond motifs is 1. The lowest BCUT2D eigenvalue weighted by molar-refractivity contribution is 0.630. The van der Waals surface area contributed by atoms with Gasteiger partial charge in [-0.25, -0.2) is 20.2 Å². The van der Waals surface area contributed by atoms with Crippen molar-refractivity contribution in [2.24, 2.45) is 5.84 Å². The number of rotatable bonds is 2. The molecule has 0 radical (unpaired) electrons. The second-order valence-electron chi connectivity index (χ2n) is 4.04. The number of aromatic nitrogens is 2. The number of halogens is 1. The summed E-state index contributed by atoms with van der Waals surface area (Å²) in [5.41, 5.74) is 3.59. The summed E-state index contributed by atoms with van der Waals surface area (Å²) in [5, 5.41) is 0.796. The molecule has 5 heteroatoms. The molecule has 2 aromatic carbocycles. The number of nitrogens with one attached hydrogen (secondary N) is 1. The second-order valence-corrected chi connectivity index (χ2v) is 4.04. The van der Waals surface area contributed by atoms with Crippen LogP contribution in [0.25, 0.3) is 22.3 Å². The summed E-state index contributed by atoms with van der Waals surface area (Å²) in [7, 11) is 0. The van der Waals surface area contributed by atoms with Crippen LogP contribution in [0.5, 0.6) is 0 Å². The van der Waals surface area contributed by atoms with Crippen LogP contribution in [0.3, 0.4) is 0 Å². The lowest BCUT2D eigenvalue weighted by Crippen LogP contribution is -2.10. The van der Waals surface area contributed by atoms with Crippen LogP contribution in [0, 0.1) is 5.82 Å². The van der Waals surface area contributed by atoms with E-state index in [1.807, 2.05) is 24.3 Å². The van der Waals surface area contributed by atoms with Gasteiger partial charge in [0.05, 0.1) is 11.1 Å². The predicted octanol–water partition coefficient (Wildman–Crippen LogP) is 2.72. The van der Waals surface area contributed by atoms with Gasteiger partial charge in [0.1, 0.15) is 5.82 Å². The first-order valence-electron chi connectivity index (χ1n) is 5.78. The Morgan fingerprint density at radius 1 is 0.947 bits per heavy atom. The van der Waals surface area contributed by atoms with E-state index in [9.17, 15) is 4.39 Å². The molecule has 0 aliphatic carbocycles. The molecule has 3 aromatic rings. The summed E-state index contributed by atoms with van der Waals surface area (Å²) >= 11 is 0. The highest BCUT2D eigenvalue weighted by Crippen LogP contribution is 2.25. The van der Waals surface area contributed by atoms with Gasteiger partial charge in [0.2, 0.25) is 0 Å². The fourth-order valence-electron chi connectivity index (χ4n) is 1.95. The van der Waals surface area contributed by atoms with Crippen LogP contribution in [0.1, 0.15) is 0 Å². The minimum Gasteiger partial charge on any atom is -0.308 e. The first kappa shape index (κ1) is 11.6. The zero-order chi connectivity index (χ0) is 13.2. The summed E-state index contributed by atoms with van der Waals surface area (Å²) in [6.07, 6.45) is 0. The SMILES string of the molecule is NNc1nc(-c2ccccc2F)nc2ccccc12. The van der Waals surface area contributed by atoms with E-state index in [0.29, 0.717) is 22.7 Å². The highest BCUT2D eigenvalue weighted by atomic mass is 19.1. The Hall–Kier alpha value is -2.53. The molecule has 1 heterocycles. The van der Waals surface area contributed by atoms with Gasteiger partial charge < -0.3 is 5.43 Å². The highest BCUT2D eigenvalue weighted by molar-refractivity contribution is 5.90. The van der Waals surface area contributed by atoms with E-state index in [-0.39, 0.29) is 5.82 Å². The number of hydrogen-bond acceptors (Lipinski definition) is 4. The number of anilines is 1. The molecule has 0 unspecified atom stereocenters. The quantitative estimate of drug-likeness (QED) is 0.545. The Bertz CT molecular complexity index is 742. The minimum absolute atomic E-state index is 0.310. The molecule has 0 aliphatic heterocycles. The fourth-order valence-corrected chi connectivity index (χ4v) is 1.95. The second kappa shape index (κ2) is 4.62. The smallest absolute Gasteiger partial charge is 0.165 e. The molecule has 3 rings (SSSR count). The molecule has 0 fully saturated rings. The van der Waals surface area contributed by atoms with E-state index >= 15 is 0 Å². The van der Waals surface area contributed by atoms with Gasteiger partial charge in [-0.1, -0.05) is 24.3 Å². The average molecular weight is 254 g/mol. The van der Waals surface area contributed by atoms with Crippen LogP contribution in [-0.4, -0.2) is 9.97 Å². The zero-order valence-corrected chi connectivity index (χ0v) is 9.97. The lowest BCUT2D eigenvalue weighted by atomic mass is 10.1. The number of nitrogen functional groups attached to an aromatic ring is 1. The number of nitrogens with two attached hydrogens (primary N) is 1. The summed E-state index contributed by atoms with van der Waals surface area (Å²) in [5.74, 6) is 5.89. The summed E-state index contributed by atoms with van der Waals surface area (Å²) in [4.78, 5) is 8.63. The third-order valence-corrected chi connectivity index (χ3v) is 2.85. The van der Waals surface area contributed by atoms with E-state index in [1.165, 1.54) is 6.07 Å². The Kier molecular flexibility index (Phi) is 2.81. The van der Waals surface area contributed by atoms with E-state index in [2.05, 4.69) is 15.4 Å². The first-order chi connectivity index (χ1) is 9.29. The van der Waals surface area contributed by atoms with Crippen molar-refractivity contribution in [1.29, 1.82) is 0 Å². The summed E-state index contributed by atoms with van der Waals surface area (Å²) in [6.45, 7) is 0. The van der Waals surface area contributed by atoms with E-state index in [0.717, 1.165) is 5.39 Å². The van der Waals surface area contributed by atoms with Gasteiger partial charge in [-0.05, 0) is 24.3 Å². The molecule has 4 nitrogen and oxygen atoms in total. The molecule has 1 aromatic heterocycles. The van der Waals surface area contributed by atoms with Crippen LogP contribution in [-0.2, 0) is 0 Å². The molecule has 0 aliphatic rings. The van der Waals surface area contributed by atoms with Crippen molar-refractivity contribution < 1.29 is 4.39 Å². The van der Waals surface area contributed by atoms with Gasteiger partial charge in [0.15, 0.2) is 11.6 Å². The maximum Gasteiger partial charge on any atom is 0.165 e. The van der Waals surface area contributed by atoms with Crippen molar-refractivity contribution >= 4 is 16.7 Å². The number of hydrazine groups is 1. The average Bonchev–Trinajstić information content (AvgIpc) is 2.46. The molecule has 3 N–H and O–H groups in total. The molecular weight excluding hydrogens is 243 g/mol. The Morgan fingerprint density at radius 3 is 2.47 bits per heavy atom. The Labute approximate surface area is 109 Å². The maximum absolute atomic E-state index is 13.8. The van der Waals surface area contributed by atoms with Crippen molar-refractivity contribution in [3.05, 3.63) is 54.3 Å². The molecule has 0 atom stereocenters. The van der Waals surface area contributed by atoms with Crippen molar-refractivity contribution in [2.45, 2.75) is 0 Å². The molecule has 0 amide bonds. The molecular formula is C14H11FN4. The normalized spacial score (nSPS) is 10.6. The fraction of sp³-hybridized carbons (Fsp3) is 0. The topological polar surface area (TPSA) is 63.8 Å². The van der Waals surface area contributed by atoms with Crippen LogP contribution in [0.4, 0.5) is 10.2 Å². The van der Waals surface area contributed by atoms with Gasteiger partial charge in [-0.2, -0.15) is 0 Å². The molecule has 0 bridgehead atoms. The summed E-state index contributed by atoms with van der Waals surface area (Å²) in [6, 6.07) is 13.8. The van der Waals surface area contributed by atoms with Crippen molar-refractivity contribution in [1.82, 2.24) is 9.97 Å². The van der Waals surface area contributed by atoms with Crippen LogP contribution < -0.4 is 11.3 Å². The number of nitrogens with zero attached hydrogens (tertiary/aromatic N) is 2. The van der Waals surface area contributed by atoms with Crippen LogP contribution in [0.2, 0.25) is 0 Å². The van der Waals surface area contributed by atoms with Gasteiger partial charge in [-0.15, -0.1) is 0 Å². The van der Waals surface area contributed by atoms with Gasteiger partial charge in [0.25, 0.3) is 0 Å². The number of para-hydroxylation sites is 1. The van der Waals surface area contributed by atoms with Crippen molar-refractivity contribution in [3.63, 3.8) is 0 Å². The highest BCUT2D eigenvalue weighted by Gasteiger charge is 2.11. The Morgan fingerprint density at radius 2 is 1.68 bits per heavy atom. The maximum atomic E-state index is 13.8. The number of benzene rings is 2. The van der Waals surface area contributed by atoms with Crippen LogP contribution in [0.15, 0.2) is 48.5 Å². The monoisotopic (exact) mass is 254 g/mol. The van der Waals surface area contributed by atoms with Crippen molar-refractivity contribution in [2.75, 3.05) is 5.43 Å². The molecule has 0 saturated carbocycles. The predicted molar refractivity (Wildman–Crippen MR) is 72.7 cm³/mol. The van der Waals surface area contributed by atoms with E-state index in [1.54, 1.807) is 18.2 Å². The van der Waals surface area contributed by atoms with Gasteiger partial charge in [0, 0.05) is 5.39 Å². The molecule has 19 heavy (non-hydrogen) atoms. The minimum atomic E-state index is -0.360. The standard InChI is InChI=1S/C14H11FN4/c15-11-7-3-1-5-9(11)13-17-12-8-4-2-6-10(12)14(18-13)19-16/h1-8H,16H2,(H,17,18,19). The first-order valence-corrected chi connectivity index (χ1v) is 5.78. The summed E-state index contributed by atoms with van der Waals surface area (Å²) < 4.78 is 13.8. The molecule has 0 spiro atoms. The van der Waals surface area contributed by atoms with Gasteiger partial charge in [-0.3, -0.25) is 0 Å². The van der Waals surface area contributed by atoms with Crippen LogP contribution >= 0.6 is 0 Å². The number of hydrogen-bond donors (Lipinski definition) is 2. The largest absolute Gasteiger partial charge is 0.308 e. The molecule has 94 valence electrons. The van der Waals surface area contributed by atoms with Crippen molar-refractivity contribution in [3.8, 4) is 11.4 Å². The third-order valence-electron chi connectivity index (χ3n) is 2.85. The van der Waals surface area contributed by atoms with Gasteiger partial charge >= 0.3 is 0 Å². The third kappa shape index (κ3) is 2.00. The lowest BCUT2D eigenvalue weighted by Gasteiger charge is -2.08.